The summed E-state index contributed by atoms with van der Waals surface area (Å²) in [6, 6.07) is 18.2. The van der Waals surface area contributed by atoms with Gasteiger partial charge in [-0.25, -0.2) is 0 Å². The maximum Gasteiger partial charge on any atom is 0.415 e. The topological polar surface area (TPSA) is 29.1 Å². The Balaban J connectivity index is 2.31. The summed E-state index contributed by atoms with van der Waals surface area (Å²) in [5.74, 6) is 0. The Hall–Kier alpha value is -2.37. The van der Waals surface area contributed by atoms with Crippen LogP contribution in [0.5, 0.6) is 0 Å². The smallest absolute Gasteiger partial charge is 0.301 e. The minimum atomic E-state index is -4.56. The van der Waals surface area contributed by atoms with Crippen LogP contribution in [0.2, 0.25) is 0 Å². The van der Waals surface area contributed by atoms with Crippen molar-refractivity contribution in [3.8, 4) is 0 Å². The van der Waals surface area contributed by atoms with Crippen molar-refractivity contribution in [2.75, 3.05) is 0 Å². The molecule has 0 saturated carbocycles. The lowest BCUT2D eigenvalue weighted by molar-refractivity contribution is -0.113. The number of rotatable bonds is 9. The van der Waals surface area contributed by atoms with E-state index in [2.05, 4.69) is 11.9 Å². The molecule has 0 heterocycles. The Morgan fingerprint density at radius 3 is 1.86 bits per heavy atom. The van der Waals surface area contributed by atoms with E-state index in [4.69, 9.17) is 11.6 Å². The molecule has 6 heteroatoms. The number of hydrogen-bond acceptors (Lipinski definition) is 2. The quantitative estimate of drug-likeness (QED) is 0.420. The zero-order valence-electron chi connectivity index (χ0n) is 16.0. The van der Waals surface area contributed by atoms with Crippen molar-refractivity contribution in [2.45, 2.75) is 37.5 Å². The van der Waals surface area contributed by atoms with Gasteiger partial charge in [0.25, 0.3) is 0 Å². The predicted molar refractivity (Wildman–Crippen MR) is 111 cm³/mol. The maximum atomic E-state index is 12.8. The molecule has 0 radical (unpaired) electrons. The van der Waals surface area contributed by atoms with Gasteiger partial charge in [-0.05, 0) is 37.0 Å². The lowest BCUT2D eigenvalue weighted by Gasteiger charge is -2.33. The van der Waals surface area contributed by atoms with Crippen LogP contribution in [0.15, 0.2) is 83.9 Å². The molecule has 2 aromatic rings. The van der Waals surface area contributed by atoms with E-state index in [1.54, 1.807) is 6.92 Å². The first-order valence-electron chi connectivity index (χ1n) is 9.10. The van der Waals surface area contributed by atoms with Crippen LogP contribution >= 0.6 is 11.6 Å². The summed E-state index contributed by atoms with van der Waals surface area (Å²) in [5.41, 5.74) is -0.237. The molecule has 0 aliphatic carbocycles. The standard InChI is InChI=1S/C23H23ClF3NO/c1-17(23(25,26)27)13-21(24)18(2)28-22(16-29,14-19-9-5-3-6-10-19)15-20-11-7-4-8-12-20/h3-13,16,18,28H,1,14-15H2,2H3/b21-13+. The summed E-state index contributed by atoms with van der Waals surface area (Å²) in [7, 11) is 0. The highest BCUT2D eigenvalue weighted by Crippen LogP contribution is 2.28. The van der Waals surface area contributed by atoms with Crippen molar-refractivity contribution in [3.63, 3.8) is 0 Å². The van der Waals surface area contributed by atoms with Gasteiger partial charge < -0.3 is 4.79 Å². The fourth-order valence-corrected chi connectivity index (χ4v) is 3.26. The largest absolute Gasteiger partial charge is 0.415 e. The minimum Gasteiger partial charge on any atom is -0.301 e. The van der Waals surface area contributed by atoms with Crippen molar-refractivity contribution in [2.24, 2.45) is 0 Å². The zero-order valence-corrected chi connectivity index (χ0v) is 16.8. The molecule has 2 nitrogen and oxygen atoms in total. The minimum absolute atomic E-state index is 0.0697. The van der Waals surface area contributed by atoms with E-state index < -0.39 is 23.3 Å². The number of hydrogen-bond donors (Lipinski definition) is 1. The van der Waals surface area contributed by atoms with Crippen LogP contribution in [0.3, 0.4) is 0 Å². The van der Waals surface area contributed by atoms with Crippen LogP contribution in [0.1, 0.15) is 18.1 Å². The molecule has 0 aromatic heterocycles. The molecule has 2 aromatic carbocycles. The summed E-state index contributed by atoms with van der Waals surface area (Å²) >= 11 is 6.12. The first-order chi connectivity index (χ1) is 13.6. The molecule has 0 spiro atoms. The number of halogens is 4. The molecule has 154 valence electrons. The predicted octanol–water partition coefficient (Wildman–Crippen LogP) is 5.63. The van der Waals surface area contributed by atoms with Crippen LogP contribution in [0.25, 0.3) is 0 Å². The number of carbonyl (C=O) groups is 1. The van der Waals surface area contributed by atoms with Crippen molar-refractivity contribution < 1.29 is 18.0 Å². The Morgan fingerprint density at radius 2 is 1.48 bits per heavy atom. The maximum absolute atomic E-state index is 12.8. The molecule has 0 aliphatic rings. The summed E-state index contributed by atoms with van der Waals surface area (Å²) in [6.45, 7) is 4.64. The highest BCUT2D eigenvalue weighted by molar-refractivity contribution is 6.30. The Morgan fingerprint density at radius 1 is 1.03 bits per heavy atom. The Bertz CT molecular complexity index is 806. The lowest BCUT2D eigenvalue weighted by Crippen LogP contribution is -2.54. The van der Waals surface area contributed by atoms with Crippen molar-refractivity contribution in [1.29, 1.82) is 0 Å². The van der Waals surface area contributed by atoms with E-state index in [-0.39, 0.29) is 5.03 Å². The Labute approximate surface area is 174 Å². The van der Waals surface area contributed by atoms with Gasteiger partial charge in [-0.3, -0.25) is 5.32 Å². The second-order valence-electron chi connectivity index (χ2n) is 7.02. The van der Waals surface area contributed by atoms with Gasteiger partial charge in [0.15, 0.2) is 0 Å². The average Bonchev–Trinajstić information content (AvgIpc) is 2.68. The van der Waals surface area contributed by atoms with E-state index >= 15 is 0 Å². The molecule has 1 unspecified atom stereocenters. The fourth-order valence-electron chi connectivity index (χ4n) is 3.08. The molecule has 0 aliphatic heterocycles. The van der Waals surface area contributed by atoms with Gasteiger partial charge >= 0.3 is 6.18 Å². The van der Waals surface area contributed by atoms with Gasteiger partial charge in [0, 0.05) is 16.6 Å². The Kier molecular flexibility index (Phi) is 7.82. The SMILES string of the molecule is C=C(/C=C(/Cl)C(C)NC(C=O)(Cc1ccccc1)Cc1ccccc1)C(F)(F)F. The van der Waals surface area contributed by atoms with E-state index in [0.29, 0.717) is 12.8 Å². The molecule has 1 atom stereocenters. The number of aldehydes is 1. The van der Waals surface area contributed by atoms with Crippen molar-refractivity contribution >= 4 is 17.9 Å². The normalized spacial score (nSPS) is 13.8. The number of carbonyl (C=O) groups excluding carboxylic acids is 1. The lowest BCUT2D eigenvalue weighted by atomic mass is 9.85. The van der Waals surface area contributed by atoms with Gasteiger partial charge in [0.05, 0.1) is 5.54 Å². The van der Waals surface area contributed by atoms with E-state index in [1.165, 1.54) is 0 Å². The third-order valence-corrected chi connectivity index (χ3v) is 4.98. The van der Waals surface area contributed by atoms with Crippen molar-refractivity contribution in [1.82, 2.24) is 5.32 Å². The molecule has 2 rings (SSSR count). The highest BCUT2D eigenvalue weighted by atomic mass is 35.5. The fraction of sp³-hybridized carbons (Fsp3) is 0.261. The van der Waals surface area contributed by atoms with E-state index in [1.807, 2.05) is 60.7 Å². The third kappa shape index (κ3) is 6.87. The van der Waals surface area contributed by atoms with Crippen LogP contribution in [0.4, 0.5) is 13.2 Å². The van der Waals surface area contributed by atoms with Gasteiger partial charge in [0.2, 0.25) is 0 Å². The number of benzene rings is 2. The first kappa shape index (κ1) is 22.9. The average molecular weight is 422 g/mol. The van der Waals surface area contributed by atoms with Crippen LogP contribution < -0.4 is 5.32 Å². The van der Waals surface area contributed by atoms with Crippen LogP contribution in [0, 0.1) is 0 Å². The summed E-state index contributed by atoms with van der Waals surface area (Å²) < 4.78 is 38.3. The number of alkyl halides is 3. The molecular formula is C23H23ClF3NO. The van der Waals surface area contributed by atoms with Crippen LogP contribution in [-0.2, 0) is 17.6 Å². The number of nitrogens with one attached hydrogen (secondary N) is 1. The van der Waals surface area contributed by atoms with Gasteiger partial charge in [-0.2, -0.15) is 13.2 Å². The molecule has 0 bridgehead atoms. The second kappa shape index (κ2) is 9.90. The van der Waals surface area contributed by atoms with E-state index in [0.717, 1.165) is 23.5 Å². The summed E-state index contributed by atoms with van der Waals surface area (Å²) in [6.07, 6.45) is -2.23. The van der Waals surface area contributed by atoms with Gasteiger partial charge in [-0.15, -0.1) is 0 Å². The molecule has 1 N–H and O–H groups in total. The monoisotopic (exact) mass is 421 g/mol. The first-order valence-corrected chi connectivity index (χ1v) is 9.48. The zero-order chi connectivity index (χ0) is 21.5. The molecular weight excluding hydrogens is 399 g/mol. The highest BCUT2D eigenvalue weighted by Gasteiger charge is 2.34. The third-order valence-electron chi connectivity index (χ3n) is 4.54. The molecule has 29 heavy (non-hydrogen) atoms. The summed E-state index contributed by atoms with van der Waals surface area (Å²) in [5, 5.41) is 3.09. The molecule has 0 fully saturated rings. The van der Waals surface area contributed by atoms with Gasteiger partial charge in [-0.1, -0.05) is 78.8 Å². The van der Waals surface area contributed by atoms with Gasteiger partial charge in [0.1, 0.15) is 6.29 Å². The second-order valence-corrected chi connectivity index (χ2v) is 7.45. The molecule has 0 saturated heterocycles. The molecule has 0 amide bonds. The van der Waals surface area contributed by atoms with E-state index in [9.17, 15) is 18.0 Å². The number of allylic oxidation sites excluding steroid dienone is 2. The summed E-state index contributed by atoms with van der Waals surface area (Å²) in [4.78, 5) is 12.3. The van der Waals surface area contributed by atoms with Crippen molar-refractivity contribution in [3.05, 3.63) is 95.1 Å². The van der Waals surface area contributed by atoms with Crippen LogP contribution in [-0.4, -0.2) is 24.0 Å².